The van der Waals surface area contributed by atoms with E-state index in [-0.39, 0.29) is 11.5 Å². The molecule has 1 unspecified atom stereocenters. The highest BCUT2D eigenvalue weighted by molar-refractivity contribution is 7.10. The van der Waals surface area contributed by atoms with Gasteiger partial charge >= 0.3 is 0 Å². The van der Waals surface area contributed by atoms with Gasteiger partial charge in [0, 0.05) is 35.8 Å². The average molecular weight is 361 g/mol. The minimum Gasteiger partial charge on any atom is -0.340 e. The molecule has 0 saturated heterocycles. The van der Waals surface area contributed by atoms with Crippen LogP contribution in [-0.4, -0.2) is 34.3 Å². The van der Waals surface area contributed by atoms with E-state index >= 15 is 0 Å². The van der Waals surface area contributed by atoms with Gasteiger partial charge < -0.3 is 10.2 Å². The summed E-state index contributed by atoms with van der Waals surface area (Å²) in [5.41, 5.74) is 1.35. The minimum absolute atomic E-state index is 0.0819. The molecule has 25 heavy (non-hydrogen) atoms. The lowest BCUT2D eigenvalue weighted by Crippen LogP contribution is -2.49. The van der Waals surface area contributed by atoms with Crippen molar-refractivity contribution in [3.05, 3.63) is 51.7 Å². The van der Waals surface area contributed by atoms with Crippen LogP contribution in [0.25, 0.3) is 0 Å². The number of fused-ring (bicyclic) bond motifs is 1. The van der Waals surface area contributed by atoms with Crippen LogP contribution in [0, 0.1) is 5.95 Å². The highest BCUT2D eigenvalue weighted by atomic mass is 32.1. The third kappa shape index (κ3) is 4.04. The second-order valence-corrected chi connectivity index (χ2v) is 7.06. The molecule has 2 aromatic heterocycles. The number of nitrogens with zero attached hydrogens (tertiary/aromatic N) is 2. The number of aromatic nitrogens is 1. The van der Waals surface area contributed by atoms with Crippen molar-refractivity contribution in [2.24, 2.45) is 0 Å². The van der Waals surface area contributed by atoms with Crippen LogP contribution >= 0.6 is 11.3 Å². The Morgan fingerprint density at radius 1 is 1.44 bits per heavy atom. The van der Waals surface area contributed by atoms with Crippen LogP contribution in [0.1, 0.15) is 40.6 Å². The number of carbonyl (C=O) groups is 2. The fraction of sp³-hybridized carbons (Fsp3) is 0.389. The summed E-state index contributed by atoms with van der Waals surface area (Å²) in [5, 5.41) is 4.80. The largest absolute Gasteiger partial charge is 0.340 e. The first-order valence-electron chi connectivity index (χ1n) is 8.35. The number of carbonyl (C=O) groups excluding carboxylic acids is 2. The number of amides is 2. The molecule has 3 rings (SSSR count). The number of rotatable bonds is 5. The summed E-state index contributed by atoms with van der Waals surface area (Å²) in [4.78, 5) is 31.8. The van der Waals surface area contributed by atoms with E-state index in [0.29, 0.717) is 19.5 Å². The van der Waals surface area contributed by atoms with Gasteiger partial charge in [-0.1, -0.05) is 13.3 Å². The molecule has 7 heteroatoms. The molecule has 0 saturated carbocycles. The Hall–Kier alpha value is -2.28. The van der Waals surface area contributed by atoms with Crippen LogP contribution in [-0.2, 0) is 17.8 Å². The molecule has 0 aliphatic carbocycles. The Kier molecular flexibility index (Phi) is 5.43. The first-order valence-corrected chi connectivity index (χ1v) is 9.23. The fourth-order valence-electron chi connectivity index (χ4n) is 2.99. The molecule has 132 valence electrons. The molecular formula is C18H20FN3O2S. The zero-order valence-corrected chi connectivity index (χ0v) is 14.8. The van der Waals surface area contributed by atoms with Crippen molar-refractivity contribution >= 4 is 23.2 Å². The highest BCUT2D eigenvalue weighted by Gasteiger charge is 2.28. The van der Waals surface area contributed by atoms with Gasteiger partial charge in [0.05, 0.1) is 0 Å². The molecule has 2 amide bonds. The second-order valence-electron chi connectivity index (χ2n) is 6.06. The molecule has 2 aromatic rings. The third-order valence-electron chi connectivity index (χ3n) is 4.29. The summed E-state index contributed by atoms with van der Waals surface area (Å²) in [7, 11) is 0. The van der Waals surface area contributed by atoms with Gasteiger partial charge in [0.2, 0.25) is 11.9 Å². The van der Waals surface area contributed by atoms with Crippen molar-refractivity contribution in [3.8, 4) is 0 Å². The maximum Gasteiger partial charge on any atom is 0.252 e. The number of halogens is 1. The summed E-state index contributed by atoms with van der Waals surface area (Å²) in [6, 6.07) is 3.95. The summed E-state index contributed by atoms with van der Waals surface area (Å²) < 4.78 is 13.2. The zero-order chi connectivity index (χ0) is 17.8. The standard InChI is InChI=1S/C18H20FN3O2S/c1-2-3-14(21-17(23)12-4-7-20-16(19)10-12)18(24)22-8-5-15-13(11-22)6-9-25-15/h4,6-7,9-10,14H,2-3,5,8,11H2,1H3,(H,21,23). The molecule has 1 N–H and O–H groups in total. The van der Waals surface area contributed by atoms with Gasteiger partial charge in [-0.15, -0.1) is 11.3 Å². The number of pyridine rings is 1. The first-order chi connectivity index (χ1) is 12.1. The molecule has 1 aliphatic heterocycles. The highest BCUT2D eigenvalue weighted by Crippen LogP contribution is 2.24. The van der Waals surface area contributed by atoms with Crippen molar-refractivity contribution in [3.63, 3.8) is 0 Å². The van der Waals surface area contributed by atoms with E-state index < -0.39 is 17.9 Å². The van der Waals surface area contributed by atoms with Crippen LogP contribution < -0.4 is 5.32 Å². The van der Waals surface area contributed by atoms with Gasteiger partial charge in [0.25, 0.3) is 5.91 Å². The van der Waals surface area contributed by atoms with Crippen molar-refractivity contribution in [2.75, 3.05) is 6.54 Å². The Morgan fingerprint density at radius 3 is 3.04 bits per heavy atom. The maximum atomic E-state index is 13.2. The number of nitrogens with one attached hydrogen (secondary N) is 1. The predicted molar refractivity (Wildman–Crippen MR) is 93.8 cm³/mol. The van der Waals surface area contributed by atoms with Crippen LogP contribution in [0.3, 0.4) is 0 Å². The van der Waals surface area contributed by atoms with Gasteiger partial charge in [0.15, 0.2) is 0 Å². The number of hydrogen-bond acceptors (Lipinski definition) is 4. The Labute approximate surface area is 149 Å². The smallest absolute Gasteiger partial charge is 0.252 e. The molecule has 0 aromatic carbocycles. The maximum absolute atomic E-state index is 13.2. The van der Waals surface area contributed by atoms with Crippen molar-refractivity contribution in [2.45, 2.75) is 38.8 Å². The quantitative estimate of drug-likeness (QED) is 0.833. The SMILES string of the molecule is CCCC(NC(=O)c1ccnc(F)c1)C(=O)N1CCc2sccc2C1. The normalized spacial score (nSPS) is 14.7. The van der Waals surface area contributed by atoms with E-state index in [1.54, 1.807) is 16.2 Å². The Balaban J connectivity index is 1.70. The van der Waals surface area contributed by atoms with E-state index in [9.17, 15) is 14.0 Å². The Bertz CT molecular complexity index is 777. The summed E-state index contributed by atoms with van der Waals surface area (Å²) in [6.07, 6.45) is 3.40. The predicted octanol–water partition coefficient (Wildman–Crippen LogP) is 2.77. The molecular weight excluding hydrogens is 341 g/mol. The third-order valence-corrected chi connectivity index (χ3v) is 5.31. The van der Waals surface area contributed by atoms with Gasteiger partial charge in [0.1, 0.15) is 6.04 Å². The van der Waals surface area contributed by atoms with Crippen LogP contribution in [0.5, 0.6) is 0 Å². The molecule has 3 heterocycles. The fourth-order valence-corrected chi connectivity index (χ4v) is 3.88. The second kappa shape index (κ2) is 7.74. The molecule has 0 radical (unpaired) electrons. The summed E-state index contributed by atoms with van der Waals surface area (Å²) in [5.74, 6) is -1.25. The molecule has 0 bridgehead atoms. The monoisotopic (exact) mass is 361 g/mol. The molecule has 0 spiro atoms. The van der Waals surface area contributed by atoms with E-state index in [1.165, 1.54) is 22.7 Å². The van der Waals surface area contributed by atoms with Gasteiger partial charge in [-0.3, -0.25) is 9.59 Å². The first kappa shape index (κ1) is 17.5. The van der Waals surface area contributed by atoms with E-state index in [4.69, 9.17) is 0 Å². The van der Waals surface area contributed by atoms with Gasteiger partial charge in [-0.05, 0) is 35.9 Å². The lowest BCUT2D eigenvalue weighted by molar-refractivity contribution is -0.134. The minimum atomic E-state index is -0.716. The lowest BCUT2D eigenvalue weighted by Gasteiger charge is -2.31. The van der Waals surface area contributed by atoms with Gasteiger partial charge in [-0.25, -0.2) is 4.98 Å². The van der Waals surface area contributed by atoms with Crippen molar-refractivity contribution in [1.29, 1.82) is 0 Å². The molecule has 0 fully saturated rings. The topological polar surface area (TPSA) is 62.3 Å². The van der Waals surface area contributed by atoms with E-state index in [1.807, 2.05) is 18.4 Å². The number of hydrogen-bond donors (Lipinski definition) is 1. The van der Waals surface area contributed by atoms with Gasteiger partial charge in [-0.2, -0.15) is 4.39 Å². The van der Waals surface area contributed by atoms with E-state index in [0.717, 1.165) is 18.9 Å². The van der Waals surface area contributed by atoms with Crippen molar-refractivity contribution < 1.29 is 14.0 Å². The van der Waals surface area contributed by atoms with Crippen LogP contribution in [0.2, 0.25) is 0 Å². The Morgan fingerprint density at radius 2 is 2.28 bits per heavy atom. The lowest BCUT2D eigenvalue weighted by atomic mass is 10.1. The number of thiophene rings is 1. The summed E-state index contributed by atoms with van der Waals surface area (Å²) in [6.45, 7) is 3.20. The molecule has 5 nitrogen and oxygen atoms in total. The zero-order valence-electron chi connectivity index (χ0n) is 14.0. The average Bonchev–Trinajstić information content (AvgIpc) is 3.08. The van der Waals surface area contributed by atoms with E-state index in [2.05, 4.69) is 10.3 Å². The van der Waals surface area contributed by atoms with Crippen molar-refractivity contribution in [1.82, 2.24) is 15.2 Å². The van der Waals surface area contributed by atoms with Crippen LogP contribution in [0.4, 0.5) is 4.39 Å². The molecule has 1 atom stereocenters. The van der Waals surface area contributed by atoms with Crippen LogP contribution in [0.15, 0.2) is 29.8 Å². The summed E-state index contributed by atoms with van der Waals surface area (Å²) >= 11 is 1.72. The molecule has 1 aliphatic rings.